The highest BCUT2D eigenvalue weighted by Gasteiger charge is 2.29. The van der Waals surface area contributed by atoms with Crippen molar-refractivity contribution in [1.29, 1.82) is 0 Å². The van der Waals surface area contributed by atoms with Crippen molar-refractivity contribution in [2.45, 2.75) is 64.2 Å². The first-order valence-electron chi connectivity index (χ1n) is 9.94. The minimum atomic E-state index is -1.21. The van der Waals surface area contributed by atoms with Crippen LogP contribution in [0, 0.1) is 5.92 Å². The van der Waals surface area contributed by atoms with E-state index in [1.165, 1.54) is 6.92 Å². The van der Waals surface area contributed by atoms with E-state index in [-0.39, 0.29) is 37.0 Å². The van der Waals surface area contributed by atoms with Gasteiger partial charge in [-0.15, -0.1) is 0 Å². The number of nitrogens with zero attached hydrogens (tertiary/aromatic N) is 1. The number of carboxylic acid groups (broad SMARTS) is 1. The second-order valence-corrected chi connectivity index (χ2v) is 7.92. The average molecular weight is 462 g/mol. The molecule has 0 rings (SSSR count). The topological polar surface area (TPSA) is 215 Å². The van der Waals surface area contributed by atoms with E-state index in [1.54, 1.807) is 0 Å². The molecular formula is C18H35N7O5S. The Morgan fingerprint density at radius 2 is 1.55 bits per heavy atom. The Morgan fingerprint density at radius 1 is 0.968 bits per heavy atom. The molecule has 0 aromatic heterocycles. The lowest BCUT2D eigenvalue weighted by Gasteiger charge is -2.24. The SMILES string of the molecule is CC(C)CC(NC(=O)C(C)NC(=O)C(N)CS)C(=O)NC(CCCN=C(N)N)C(=O)O. The molecule has 0 bridgehead atoms. The van der Waals surface area contributed by atoms with E-state index in [4.69, 9.17) is 17.2 Å². The zero-order valence-corrected chi connectivity index (χ0v) is 19.0. The molecule has 0 aliphatic rings. The molecule has 0 saturated carbocycles. The van der Waals surface area contributed by atoms with E-state index in [9.17, 15) is 24.3 Å². The summed E-state index contributed by atoms with van der Waals surface area (Å²) in [5.74, 6) is -2.96. The second kappa shape index (κ2) is 14.5. The van der Waals surface area contributed by atoms with Gasteiger partial charge in [0.25, 0.3) is 0 Å². The zero-order valence-electron chi connectivity index (χ0n) is 18.1. The van der Waals surface area contributed by atoms with Crippen LogP contribution in [0.3, 0.4) is 0 Å². The lowest BCUT2D eigenvalue weighted by Crippen LogP contribution is -2.56. The standard InChI is InChI=1S/C18H35N7O5S/c1-9(2)7-13(25-14(26)10(3)23-15(27)11(19)8-31)16(28)24-12(17(29)30)5-4-6-22-18(20)21/h9-13,31H,4-8,19H2,1-3H3,(H,23,27)(H,24,28)(H,25,26)(H,29,30)(H4,20,21,22). The van der Waals surface area contributed by atoms with Gasteiger partial charge in [0.2, 0.25) is 17.7 Å². The number of hydrogen-bond acceptors (Lipinski definition) is 7. The van der Waals surface area contributed by atoms with Gasteiger partial charge < -0.3 is 38.3 Å². The normalized spacial score (nSPS) is 14.6. The highest BCUT2D eigenvalue weighted by molar-refractivity contribution is 7.80. The number of nitrogens with one attached hydrogen (secondary N) is 3. The monoisotopic (exact) mass is 461 g/mol. The van der Waals surface area contributed by atoms with Gasteiger partial charge in [0.1, 0.15) is 18.1 Å². The summed E-state index contributed by atoms with van der Waals surface area (Å²) in [5.41, 5.74) is 16.0. The first kappa shape index (κ1) is 28.5. The van der Waals surface area contributed by atoms with Crippen molar-refractivity contribution in [3.8, 4) is 0 Å². The van der Waals surface area contributed by atoms with E-state index in [2.05, 4.69) is 33.6 Å². The van der Waals surface area contributed by atoms with Crippen LogP contribution in [0.1, 0.15) is 40.0 Å². The maximum Gasteiger partial charge on any atom is 0.326 e. The average Bonchev–Trinajstić information content (AvgIpc) is 2.67. The van der Waals surface area contributed by atoms with Gasteiger partial charge in [0, 0.05) is 12.3 Å². The maximum absolute atomic E-state index is 12.7. The molecule has 3 amide bonds. The summed E-state index contributed by atoms with van der Waals surface area (Å²) in [6, 6.07) is -3.97. The summed E-state index contributed by atoms with van der Waals surface area (Å²) in [6.07, 6.45) is 0.716. The van der Waals surface area contributed by atoms with Crippen LogP contribution in [-0.2, 0) is 19.2 Å². The van der Waals surface area contributed by atoms with Crippen molar-refractivity contribution >= 4 is 42.3 Å². The zero-order chi connectivity index (χ0) is 24.1. The molecule has 0 aromatic rings. The molecule has 0 aliphatic heterocycles. The first-order chi connectivity index (χ1) is 14.4. The summed E-state index contributed by atoms with van der Waals surface area (Å²) < 4.78 is 0. The van der Waals surface area contributed by atoms with Crippen molar-refractivity contribution < 1.29 is 24.3 Å². The highest BCUT2D eigenvalue weighted by atomic mass is 32.1. The molecule has 0 radical (unpaired) electrons. The molecule has 4 unspecified atom stereocenters. The Kier molecular flexibility index (Phi) is 13.3. The largest absolute Gasteiger partial charge is 0.480 e. The number of nitrogens with two attached hydrogens (primary N) is 3. The minimum absolute atomic E-state index is 0.0312. The third-order valence-electron chi connectivity index (χ3n) is 4.19. The van der Waals surface area contributed by atoms with Gasteiger partial charge in [-0.2, -0.15) is 12.6 Å². The van der Waals surface area contributed by atoms with Gasteiger partial charge in [0.15, 0.2) is 5.96 Å². The Balaban J connectivity index is 5.07. The summed E-state index contributed by atoms with van der Waals surface area (Å²) in [7, 11) is 0. The van der Waals surface area contributed by atoms with Crippen molar-refractivity contribution in [2.24, 2.45) is 28.1 Å². The number of carbonyl (C=O) groups is 4. The van der Waals surface area contributed by atoms with Crippen LogP contribution >= 0.6 is 12.6 Å². The van der Waals surface area contributed by atoms with E-state index in [0.29, 0.717) is 6.42 Å². The van der Waals surface area contributed by atoms with Crippen LogP contribution in [0.2, 0.25) is 0 Å². The number of hydrogen-bond donors (Lipinski definition) is 8. The lowest BCUT2D eigenvalue weighted by atomic mass is 10.0. The molecule has 0 heterocycles. The van der Waals surface area contributed by atoms with Crippen molar-refractivity contribution in [3.63, 3.8) is 0 Å². The van der Waals surface area contributed by atoms with Gasteiger partial charge in [-0.25, -0.2) is 4.79 Å². The molecule has 0 aliphatic carbocycles. The highest BCUT2D eigenvalue weighted by Crippen LogP contribution is 2.07. The molecule has 0 fully saturated rings. The molecule has 13 heteroatoms. The minimum Gasteiger partial charge on any atom is -0.480 e. The van der Waals surface area contributed by atoms with Crippen molar-refractivity contribution in [3.05, 3.63) is 0 Å². The smallest absolute Gasteiger partial charge is 0.326 e. The van der Waals surface area contributed by atoms with Crippen LogP contribution in [0.25, 0.3) is 0 Å². The number of aliphatic imine (C=N–C) groups is 1. The lowest BCUT2D eigenvalue weighted by molar-refractivity contribution is -0.142. The van der Waals surface area contributed by atoms with Gasteiger partial charge >= 0.3 is 5.97 Å². The maximum atomic E-state index is 12.7. The number of carboxylic acids is 1. The Morgan fingerprint density at radius 3 is 2.03 bits per heavy atom. The number of carbonyl (C=O) groups excluding carboxylic acids is 3. The van der Waals surface area contributed by atoms with Crippen LogP contribution in [0.4, 0.5) is 0 Å². The van der Waals surface area contributed by atoms with E-state index in [1.807, 2.05) is 13.8 Å². The Labute approximate surface area is 187 Å². The molecule has 0 aromatic carbocycles. The molecule has 31 heavy (non-hydrogen) atoms. The fraction of sp³-hybridized carbons (Fsp3) is 0.722. The summed E-state index contributed by atoms with van der Waals surface area (Å²) in [6.45, 7) is 5.38. The molecule has 12 nitrogen and oxygen atoms in total. The number of thiol groups is 1. The van der Waals surface area contributed by atoms with E-state index >= 15 is 0 Å². The molecular weight excluding hydrogens is 426 g/mol. The summed E-state index contributed by atoms with van der Waals surface area (Å²) >= 11 is 3.93. The second-order valence-electron chi connectivity index (χ2n) is 7.56. The molecule has 4 atom stereocenters. The summed E-state index contributed by atoms with van der Waals surface area (Å²) in [4.78, 5) is 52.3. The molecule has 10 N–H and O–H groups in total. The van der Waals surface area contributed by atoms with E-state index in [0.717, 1.165) is 0 Å². The number of rotatable bonds is 14. The number of guanidine groups is 1. The Bertz CT molecular complexity index is 655. The number of amides is 3. The third kappa shape index (κ3) is 12.0. The van der Waals surface area contributed by atoms with Gasteiger partial charge in [0.05, 0.1) is 6.04 Å². The number of aliphatic carboxylic acids is 1. The molecule has 178 valence electrons. The van der Waals surface area contributed by atoms with Crippen LogP contribution in [0.5, 0.6) is 0 Å². The Hall–Kier alpha value is -2.54. The quantitative estimate of drug-likeness (QED) is 0.0619. The fourth-order valence-electron chi connectivity index (χ4n) is 2.50. The molecule has 0 spiro atoms. The predicted octanol–water partition coefficient (Wildman–Crippen LogP) is -2.10. The van der Waals surface area contributed by atoms with Gasteiger partial charge in [-0.1, -0.05) is 13.8 Å². The first-order valence-corrected chi connectivity index (χ1v) is 10.6. The van der Waals surface area contributed by atoms with Crippen molar-refractivity contribution in [1.82, 2.24) is 16.0 Å². The third-order valence-corrected chi connectivity index (χ3v) is 4.58. The van der Waals surface area contributed by atoms with Gasteiger partial charge in [-0.05, 0) is 32.1 Å². The molecule has 0 saturated heterocycles. The van der Waals surface area contributed by atoms with Gasteiger partial charge in [-0.3, -0.25) is 19.4 Å². The van der Waals surface area contributed by atoms with Crippen molar-refractivity contribution in [2.75, 3.05) is 12.3 Å². The van der Waals surface area contributed by atoms with Crippen LogP contribution in [0.15, 0.2) is 4.99 Å². The predicted molar refractivity (Wildman–Crippen MR) is 120 cm³/mol. The fourth-order valence-corrected chi connectivity index (χ4v) is 2.67. The van der Waals surface area contributed by atoms with E-state index < -0.39 is 47.9 Å². The van der Waals surface area contributed by atoms with Crippen LogP contribution < -0.4 is 33.2 Å². The summed E-state index contributed by atoms with van der Waals surface area (Å²) in [5, 5.41) is 16.8. The van der Waals surface area contributed by atoms with Crippen LogP contribution in [-0.4, -0.2) is 71.2 Å².